The Kier molecular flexibility index (Phi) is 2.85. The van der Waals surface area contributed by atoms with Gasteiger partial charge in [-0.1, -0.05) is 27.7 Å². The van der Waals surface area contributed by atoms with Crippen molar-refractivity contribution in [1.29, 1.82) is 0 Å². The number of hydrogen-bond acceptors (Lipinski definition) is 1. The van der Waals surface area contributed by atoms with Gasteiger partial charge >= 0.3 is 6.18 Å². The lowest BCUT2D eigenvalue weighted by atomic mass is 9.67. The fourth-order valence-corrected chi connectivity index (χ4v) is 0.639. The Labute approximate surface area is 71.1 Å². The molecule has 0 aromatic heterocycles. The maximum Gasteiger partial charge on any atom is 0.394 e. The fraction of sp³-hybridized carbons (Fsp3) is 1.00. The zero-order chi connectivity index (χ0) is 10.2. The van der Waals surface area contributed by atoms with Gasteiger partial charge in [0.1, 0.15) is 0 Å². The molecule has 0 saturated carbocycles. The Hall–Kier alpha value is -0.250. The lowest BCUT2D eigenvalue weighted by Crippen LogP contribution is -2.48. The van der Waals surface area contributed by atoms with Crippen molar-refractivity contribution in [3.63, 3.8) is 0 Å². The second kappa shape index (κ2) is 2.91. The van der Waals surface area contributed by atoms with E-state index in [0.717, 1.165) is 0 Å². The number of hydrogen-bond donors (Lipinski definition) is 1. The van der Waals surface area contributed by atoms with Crippen LogP contribution < -0.4 is 5.73 Å². The molecule has 0 aromatic carbocycles. The van der Waals surface area contributed by atoms with E-state index in [0.29, 0.717) is 0 Å². The Bertz CT molecular complexity index is 158. The average Bonchev–Trinajstić information content (AvgIpc) is 1.85. The third kappa shape index (κ3) is 1.73. The third-order valence-electron chi connectivity index (χ3n) is 2.91. The smallest absolute Gasteiger partial charge is 0.330 e. The maximum atomic E-state index is 12.5. The lowest BCUT2D eigenvalue weighted by molar-refractivity contribution is -0.244. The van der Waals surface area contributed by atoms with Gasteiger partial charge in [-0.3, -0.25) is 0 Å². The second-order valence-electron chi connectivity index (χ2n) is 4.21. The molecule has 0 radical (unpaired) electrons. The van der Waals surface area contributed by atoms with Gasteiger partial charge in [-0.2, -0.15) is 13.2 Å². The molecule has 12 heavy (non-hydrogen) atoms. The minimum absolute atomic E-state index is 0.0273. The molecule has 0 spiro atoms. The summed E-state index contributed by atoms with van der Waals surface area (Å²) < 4.78 is 37.4. The lowest BCUT2D eigenvalue weighted by Gasteiger charge is -2.41. The molecule has 0 aromatic rings. The van der Waals surface area contributed by atoms with Crippen LogP contribution in [0, 0.1) is 10.8 Å². The van der Waals surface area contributed by atoms with E-state index < -0.39 is 17.0 Å². The average molecular weight is 183 g/mol. The van der Waals surface area contributed by atoms with Crippen LogP contribution in [0.1, 0.15) is 27.7 Å². The third-order valence-corrected chi connectivity index (χ3v) is 2.91. The Morgan fingerprint density at radius 3 is 1.42 bits per heavy atom. The summed E-state index contributed by atoms with van der Waals surface area (Å²) in [6, 6.07) is 0. The van der Waals surface area contributed by atoms with Gasteiger partial charge in [0, 0.05) is 0 Å². The summed E-state index contributed by atoms with van der Waals surface area (Å²) in [6.07, 6.45) is -4.20. The second-order valence-corrected chi connectivity index (χ2v) is 4.21. The standard InChI is InChI=1S/C8H16F3N/c1-6(2,5-12)7(3,4)8(9,10)11/h5,12H2,1-4H3. The van der Waals surface area contributed by atoms with Crippen molar-refractivity contribution >= 4 is 0 Å². The summed E-state index contributed by atoms with van der Waals surface area (Å²) in [5, 5.41) is 0. The number of nitrogens with two attached hydrogens (primary N) is 1. The van der Waals surface area contributed by atoms with E-state index in [1.165, 1.54) is 27.7 Å². The summed E-state index contributed by atoms with van der Waals surface area (Å²) >= 11 is 0. The van der Waals surface area contributed by atoms with Crippen molar-refractivity contribution in [2.75, 3.05) is 6.54 Å². The molecule has 0 atom stereocenters. The van der Waals surface area contributed by atoms with Crippen LogP contribution in [0.2, 0.25) is 0 Å². The van der Waals surface area contributed by atoms with E-state index in [9.17, 15) is 13.2 Å². The minimum Gasteiger partial charge on any atom is -0.330 e. The van der Waals surface area contributed by atoms with Crippen LogP contribution in [0.15, 0.2) is 0 Å². The molecule has 74 valence electrons. The molecule has 0 unspecified atom stereocenters. The van der Waals surface area contributed by atoms with Crippen LogP contribution in [0.5, 0.6) is 0 Å². The molecule has 0 bridgehead atoms. The van der Waals surface area contributed by atoms with Gasteiger partial charge in [-0.25, -0.2) is 0 Å². The van der Waals surface area contributed by atoms with E-state index in [1.807, 2.05) is 0 Å². The first-order chi connectivity index (χ1) is 5.06. The van der Waals surface area contributed by atoms with Crippen molar-refractivity contribution in [1.82, 2.24) is 0 Å². The Morgan fingerprint density at radius 1 is 1.00 bits per heavy atom. The van der Waals surface area contributed by atoms with Crippen molar-refractivity contribution in [2.45, 2.75) is 33.9 Å². The SMILES string of the molecule is CC(C)(CN)C(C)(C)C(F)(F)F. The van der Waals surface area contributed by atoms with E-state index in [4.69, 9.17) is 5.73 Å². The molecule has 1 nitrogen and oxygen atoms in total. The summed E-state index contributed by atoms with van der Waals surface area (Å²) in [7, 11) is 0. The largest absolute Gasteiger partial charge is 0.394 e. The van der Waals surface area contributed by atoms with Crippen molar-refractivity contribution in [3.05, 3.63) is 0 Å². The first kappa shape index (κ1) is 11.8. The van der Waals surface area contributed by atoms with Crippen LogP contribution >= 0.6 is 0 Å². The highest BCUT2D eigenvalue weighted by Gasteiger charge is 2.55. The maximum absolute atomic E-state index is 12.5. The van der Waals surface area contributed by atoms with Crippen molar-refractivity contribution in [2.24, 2.45) is 16.6 Å². The number of alkyl halides is 3. The van der Waals surface area contributed by atoms with Crippen molar-refractivity contribution < 1.29 is 13.2 Å². The normalized spacial score (nSPS) is 15.0. The van der Waals surface area contributed by atoms with Crippen LogP contribution in [0.3, 0.4) is 0 Å². The van der Waals surface area contributed by atoms with Gasteiger partial charge in [0.2, 0.25) is 0 Å². The highest BCUT2D eigenvalue weighted by Crippen LogP contribution is 2.49. The summed E-state index contributed by atoms with van der Waals surface area (Å²) in [6.45, 7) is 5.44. The number of halogens is 3. The fourth-order valence-electron chi connectivity index (χ4n) is 0.639. The first-order valence-electron chi connectivity index (χ1n) is 3.83. The molecule has 0 fully saturated rings. The molecule has 0 rings (SSSR count). The molecule has 0 heterocycles. The van der Waals surface area contributed by atoms with Gasteiger partial charge in [-0.05, 0) is 12.0 Å². The molecular weight excluding hydrogens is 167 g/mol. The molecule has 0 amide bonds. The quantitative estimate of drug-likeness (QED) is 0.699. The molecule has 4 heteroatoms. The molecule has 2 N–H and O–H groups in total. The molecule has 0 aliphatic rings. The van der Waals surface area contributed by atoms with Gasteiger partial charge < -0.3 is 5.73 Å². The summed E-state index contributed by atoms with van der Waals surface area (Å²) in [5.74, 6) is 0. The highest BCUT2D eigenvalue weighted by atomic mass is 19.4. The molecule has 0 aliphatic heterocycles. The van der Waals surface area contributed by atoms with Crippen LogP contribution in [0.25, 0.3) is 0 Å². The summed E-state index contributed by atoms with van der Waals surface area (Å²) in [5.41, 5.74) is 2.62. The van der Waals surface area contributed by atoms with Crippen LogP contribution in [-0.2, 0) is 0 Å². The van der Waals surface area contributed by atoms with E-state index >= 15 is 0 Å². The topological polar surface area (TPSA) is 26.0 Å². The van der Waals surface area contributed by atoms with Gasteiger partial charge in [0.05, 0.1) is 5.41 Å². The van der Waals surface area contributed by atoms with Crippen LogP contribution in [0.4, 0.5) is 13.2 Å². The first-order valence-corrected chi connectivity index (χ1v) is 3.83. The predicted molar refractivity (Wildman–Crippen MR) is 42.7 cm³/mol. The van der Waals surface area contributed by atoms with E-state index in [1.54, 1.807) is 0 Å². The Morgan fingerprint density at radius 2 is 1.33 bits per heavy atom. The highest BCUT2D eigenvalue weighted by molar-refractivity contribution is 4.91. The zero-order valence-corrected chi connectivity index (χ0v) is 7.92. The van der Waals surface area contributed by atoms with E-state index in [-0.39, 0.29) is 6.54 Å². The zero-order valence-electron chi connectivity index (χ0n) is 7.92. The van der Waals surface area contributed by atoms with Crippen LogP contribution in [-0.4, -0.2) is 12.7 Å². The molecule has 0 aliphatic carbocycles. The van der Waals surface area contributed by atoms with Crippen molar-refractivity contribution in [3.8, 4) is 0 Å². The van der Waals surface area contributed by atoms with Gasteiger partial charge in [0.15, 0.2) is 0 Å². The Balaban J connectivity index is 4.85. The minimum atomic E-state index is -4.20. The molecule has 0 saturated heterocycles. The summed E-state index contributed by atoms with van der Waals surface area (Å²) in [4.78, 5) is 0. The monoisotopic (exact) mass is 183 g/mol. The molecular formula is C8H16F3N. The van der Waals surface area contributed by atoms with Gasteiger partial charge in [-0.15, -0.1) is 0 Å². The van der Waals surface area contributed by atoms with Gasteiger partial charge in [0.25, 0.3) is 0 Å². The predicted octanol–water partition coefficient (Wildman–Crippen LogP) is 2.56. The van der Waals surface area contributed by atoms with E-state index in [2.05, 4.69) is 0 Å². The number of rotatable bonds is 2.